The minimum atomic E-state index is -0.602. The first-order chi connectivity index (χ1) is 16.0. The summed E-state index contributed by atoms with van der Waals surface area (Å²) in [4.78, 5) is 16.8. The molecular weight excluding hydrogens is 457 g/mol. The molecule has 0 radical (unpaired) electrons. The van der Waals surface area contributed by atoms with E-state index in [1.807, 2.05) is 78.8 Å². The first-order valence-electron chi connectivity index (χ1n) is 11.0. The second-order valence-corrected chi connectivity index (χ2v) is 8.82. The van der Waals surface area contributed by atoms with E-state index in [-0.39, 0.29) is 17.4 Å². The molecular formula is C26H37ClFN3O3. The van der Waals surface area contributed by atoms with Crippen molar-refractivity contribution in [2.75, 3.05) is 20.8 Å². The highest BCUT2D eigenvalue weighted by molar-refractivity contribution is 6.31. The topological polar surface area (TPSA) is 75.5 Å². The van der Waals surface area contributed by atoms with Gasteiger partial charge in [0.1, 0.15) is 17.9 Å². The number of amides is 1. The molecule has 0 spiro atoms. The zero-order valence-electron chi connectivity index (χ0n) is 21.6. The van der Waals surface area contributed by atoms with Crippen LogP contribution in [0.15, 0.2) is 36.5 Å². The Hall–Kier alpha value is -2.53. The molecule has 0 aliphatic carbocycles. The molecule has 8 heteroatoms. The van der Waals surface area contributed by atoms with Crippen LogP contribution < -0.4 is 0 Å². The van der Waals surface area contributed by atoms with Crippen LogP contribution in [0.25, 0.3) is 11.1 Å². The molecule has 6 nitrogen and oxygen atoms in total. The first kappa shape index (κ1) is 31.5. The highest BCUT2D eigenvalue weighted by atomic mass is 35.5. The van der Waals surface area contributed by atoms with Crippen molar-refractivity contribution in [2.45, 2.75) is 65.9 Å². The molecule has 3 rings (SSSR count). The molecule has 1 saturated heterocycles. The minimum Gasteiger partial charge on any atom is -0.379 e. The maximum atomic E-state index is 11.1. The molecule has 1 fully saturated rings. The highest BCUT2D eigenvalue weighted by Gasteiger charge is 2.39. The van der Waals surface area contributed by atoms with E-state index in [9.17, 15) is 9.18 Å². The van der Waals surface area contributed by atoms with Crippen LogP contribution in [0.2, 0.25) is 5.02 Å². The maximum absolute atomic E-state index is 11.1. The van der Waals surface area contributed by atoms with Gasteiger partial charge < -0.3 is 14.4 Å². The third-order valence-corrected chi connectivity index (χ3v) is 5.08. The van der Waals surface area contributed by atoms with Crippen LogP contribution >= 0.6 is 11.6 Å². The monoisotopic (exact) mass is 493 g/mol. The minimum absolute atomic E-state index is 0.0417. The van der Waals surface area contributed by atoms with Crippen molar-refractivity contribution in [3.8, 4) is 17.2 Å². The predicted molar refractivity (Wildman–Crippen MR) is 135 cm³/mol. The van der Waals surface area contributed by atoms with E-state index < -0.39 is 5.72 Å². The summed E-state index contributed by atoms with van der Waals surface area (Å²) in [6.45, 7) is 14.3. The van der Waals surface area contributed by atoms with Gasteiger partial charge in [-0.15, -0.1) is 0 Å². The average molecular weight is 494 g/mol. The van der Waals surface area contributed by atoms with Gasteiger partial charge >= 0.3 is 0 Å². The van der Waals surface area contributed by atoms with Crippen molar-refractivity contribution >= 4 is 18.0 Å². The lowest BCUT2D eigenvalue weighted by atomic mass is 10.0. The van der Waals surface area contributed by atoms with Crippen LogP contribution in [-0.4, -0.2) is 48.5 Å². The van der Waals surface area contributed by atoms with Crippen molar-refractivity contribution in [1.82, 2.24) is 9.88 Å². The number of benzene rings is 1. The number of hydrogen-bond donors (Lipinski definition) is 0. The van der Waals surface area contributed by atoms with E-state index in [2.05, 4.69) is 4.98 Å². The van der Waals surface area contributed by atoms with Crippen LogP contribution in [0.4, 0.5) is 4.39 Å². The molecule has 1 aromatic carbocycles. The van der Waals surface area contributed by atoms with Crippen LogP contribution in [0.5, 0.6) is 0 Å². The lowest BCUT2D eigenvalue weighted by Crippen LogP contribution is -2.37. The predicted octanol–water partition coefficient (Wildman–Crippen LogP) is 6.58. The number of hydrogen-bond acceptors (Lipinski definition) is 5. The number of carbonyl (C=O) groups excluding carboxylic acids is 1. The Morgan fingerprint density at radius 1 is 1.24 bits per heavy atom. The third kappa shape index (κ3) is 9.38. The summed E-state index contributed by atoms with van der Waals surface area (Å²) >= 11 is 6.03. The van der Waals surface area contributed by atoms with Gasteiger partial charge in [0.2, 0.25) is 6.41 Å². The third-order valence-electron chi connectivity index (χ3n) is 4.79. The second kappa shape index (κ2) is 14.7. The van der Waals surface area contributed by atoms with Gasteiger partial charge in [-0.1, -0.05) is 49.7 Å². The van der Waals surface area contributed by atoms with E-state index in [1.165, 1.54) is 0 Å². The molecule has 2 aromatic rings. The standard InChI is InChI=1S/C18H16ClN3O2.C5H12O.C2H6.CH3F/c1-18(2)22(11-23)10-17(24-18)13-5-3-12(4-6-13)14-7-15(19)16(8-20)21-9-14;1-5(2,3)6-4;2*1-2/h3-7,9,11,17H,10H2,1-2H3;1-4H3;1-2H3;1H3. The van der Waals surface area contributed by atoms with Crippen molar-refractivity contribution in [3.63, 3.8) is 0 Å². The SMILES string of the molecule is CC.CC1(C)OC(c2ccc(-c3cnc(C#N)c(Cl)c3)cc2)CN1C=O.CF.COC(C)(C)C. The summed E-state index contributed by atoms with van der Waals surface area (Å²) in [6.07, 6.45) is 2.29. The number of ether oxygens (including phenoxy) is 2. The molecule has 2 heterocycles. The molecule has 188 valence electrons. The van der Waals surface area contributed by atoms with Gasteiger partial charge in [-0.3, -0.25) is 9.18 Å². The smallest absolute Gasteiger partial charge is 0.212 e. The van der Waals surface area contributed by atoms with E-state index in [0.717, 1.165) is 23.1 Å². The normalized spacial score (nSPS) is 15.9. The molecule has 1 aliphatic heterocycles. The van der Waals surface area contributed by atoms with Gasteiger partial charge in [-0.2, -0.15) is 5.26 Å². The Labute approximate surface area is 208 Å². The maximum Gasteiger partial charge on any atom is 0.212 e. The fourth-order valence-corrected chi connectivity index (χ4v) is 2.97. The largest absolute Gasteiger partial charge is 0.379 e. The summed E-state index contributed by atoms with van der Waals surface area (Å²) < 4.78 is 20.4. The number of carbonyl (C=O) groups is 1. The van der Waals surface area contributed by atoms with Gasteiger partial charge in [0.15, 0.2) is 5.69 Å². The Morgan fingerprint density at radius 2 is 1.76 bits per heavy atom. The lowest BCUT2D eigenvalue weighted by molar-refractivity contribution is -0.132. The molecule has 1 aromatic heterocycles. The fraction of sp³-hybridized carbons (Fsp3) is 0.500. The molecule has 1 aliphatic rings. The van der Waals surface area contributed by atoms with Crippen molar-refractivity contribution in [2.24, 2.45) is 0 Å². The molecule has 0 N–H and O–H groups in total. The molecule has 34 heavy (non-hydrogen) atoms. The quantitative estimate of drug-likeness (QED) is 0.451. The Balaban J connectivity index is 0.000000938. The molecule has 1 amide bonds. The van der Waals surface area contributed by atoms with Crippen LogP contribution in [0.1, 0.15) is 65.8 Å². The Bertz CT molecular complexity index is 922. The number of rotatable bonds is 3. The number of nitriles is 1. The van der Waals surface area contributed by atoms with Gasteiger partial charge in [0.05, 0.1) is 24.3 Å². The summed E-state index contributed by atoms with van der Waals surface area (Å²) in [6, 6.07) is 11.5. The lowest BCUT2D eigenvalue weighted by Gasteiger charge is -2.25. The molecule has 1 atom stereocenters. The van der Waals surface area contributed by atoms with Crippen LogP contribution in [-0.2, 0) is 14.3 Å². The first-order valence-corrected chi connectivity index (χ1v) is 11.4. The van der Waals surface area contributed by atoms with Gasteiger partial charge in [-0.25, -0.2) is 4.98 Å². The van der Waals surface area contributed by atoms with Gasteiger partial charge in [0, 0.05) is 18.9 Å². The van der Waals surface area contributed by atoms with Gasteiger partial charge in [-0.05, 0) is 51.8 Å². The zero-order valence-corrected chi connectivity index (χ0v) is 22.4. The summed E-state index contributed by atoms with van der Waals surface area (Å²) in [5.41, 5.74) is 2.45. The van der Waals surface area contributed by atoms with Crippen molar-refractivity contribution in [3.05, 3.63) is 52.8 Å². The summed E-state index contributed by atoms with van der Waals surface area (Å²) in [7, 11) is 2.21. The van der Waals surface area contributed by atoms with Gasteiger partial charge in [0.25, 0.3) is 0 Å². The second-order valence-electron chi connectivity index (χ2n) is 8.42. The summed E-state index contributed by atoms with van der Waals surface area (Å²) in [5.74, 6) is 0. The highest BCUT2D eigenvalue weighted by Crippen LogP contribution is 2.35. The molecule has 0 bridgehead atoms. The van der Waals surface area contributed by atoms with E-state index in [1.54, 1.807) is 24.3 Å². The number of nitrogens with zero attached hydrogens (tertiary/aromatic N) is 3. The average Bonchev–Trinajstić information content (AvgIpc) is 3.15. The number of halogens is 2. The van der Waals surface area contributed by atoms with Crippen molar-refractivity contribution < 1.29 is 18.7 Å². The Kier molecular flexibility index (Phi) is 13.6. The fourth-order valence-electron chi connectivity index (χ4n) is 2.76. The number of alkyl halides is 1. The van der Waals surface area contributed by atoms with E-state index in [0.29, 0.717) is 18.7 Å². The van der Waals surface area contributed by atoms with E-state index >= 15 is 0 Å². The zero-order chi connectivity index (χ0) is 26.5. The number of pyridine rings is 1. The number of methoxy groups -OCH3 is 1. The number of aromatic nitrogens is 1. The van der Waals surface area contributed by atoms with Crippen LogP contribution in [0, 0.1) is 11.3 Å². The molecule has 1 unspecified atom stereocenters. The van der Waals surface area contributed by atoms with E-state index in [4.69, 9.17) is 26.3 Å². The molecule has 0 saturated carbocycles. The van der Waals surface area contributed by atoms with Crippen molar-refractivity contribution in [1.29, 1.82) is 5.26 Å². The summed E-state index contributed by atoms with van der Waals surface area (Å²) in [5, 5.41) is 9.22. The van der Waals surface area contributed by atoms with Crippen LogP contribution in [0.3, 0.4) is 0 Å². The Morgan fingerprint density at radius 3 is 2.15 bits per heavy atom.